The van der Waals surface area contributed by atoms with Gasteiger partial charge in [0.25, 0.3) is 0 Å². The summed E-state index contributed by atoms with van der Waals surface area (Å²) >= 11 is 0. The van der Waals surface area contributed by atoms with E-state index >= 15 is 0 Å². The predicted molar refractivity (Wildman–Crippen MR) is 71.5 cm³/mol. The smallest absolute Gasteiger partial charge is 0.339 e. The quantitative estimate of drug-likeness (QED) is 0.886. The average Bonchev–Trinajstić information content (AvgIpc) is 2.95. The van der Waals surface area contributed by atoms with Crippen LogP contribution in [0, 0.1) is 5.92 Å². The topological polar surface area (TPSA) is 71.2 Å². The summed E-state index contributed by atoms with van der Waals surface area (Å²) in [6, 6.07) is 0. The van der Waals surface area contributed by atoms with Crippen molar-refractivity contribution >= 4 is 22.7 Å². The zero-order valence-electron chi connectivity index (χ0n) is 11.0. The number of aryl methyl sites for hydroxylation is 1. The molecular weight excluding hydrogens is 244 g/mol. The first kappa shape index (κ1) is 12.0. The van der Waals surface area contributed by atoms with Crippen LogP contribution in [0.15, 0.2) is 12.4 Å². The van der Waals surface area contributed by atoms with Crippen LogP contribution in [-0.2, 0) is 7.05 Å². The third-order valence-electron chi connectivity index (χ3n) is 3.70. The summed E-state index contributed by atoms with van der Waals surface area (Å²) in [5.41, 5.74) is 1.74. The van der Waals surface area contributed by atoms with Crippen molar-refractivity contribution < 1.29 is 9.90 Å². The molecule has 1 saturated heterocycles. The summed E-state index contributed by atoms with van der Waals surface area (Å²) in [5, 5.41) is 14.4. The van der Waals surface area contributed by atoms with Gasteiger partial charge in [-0.15, -0.1) is 0 Å². The minimum Gasteiger partial charge on any atom is -0.478 e. The Kier molecular flexibility index (Phi) is 2.66. The highest BCUT2D eigenvalue weighted by atomic mass is 16.4. The number of nitrogens with zero attached hydrogens (tertiary/aromatic N) is 4. The van der Waals surface area contributed by atoms with Gasteiger partial charge in [0, 0.05) is 26.3 Å². The number of carboxylic acids is 1. The molecule has 6 nitrogen and oxygen atoms in total. The SMILES string of the molecule is CC1CCN(c2c(C(=O)O)cnc3c2cnn3C)C1. The van der Waals surface area contributed by atoms with Crippen molar-refractivity contribution in [1.82, 2.24) is 14.8 Å². The summed E-state index contributed by atoms with van der Waals surface area (Å²) in [6.07, 6.45) is 4.22. The van der Waals surface area contributed by atoms with Crippen LogP contribution in [0.1, 0.15) is 23.7 Å². The molecule has 3 heterocycles. The fraction of sp³-hybridized carbons (Fsp3) is 0.462. The third kappa shape index (κ3) is 1.83. The molecule has 6 heteroatoms. The van der Waals surface area contributed by atoms with E-state index in [1.165, 1.54) is 6.20 Å². The first-order chi connectivity index (χ1) is 9.08. The molecule has 1 aliphatic heterocycles. The van der Waals surface area contributed by atoms with Crippen molar-refractivity contribution in [3.8, 4) is 0 Å². The first-order valence-corrected chi connectivity index (χ1v) is 6.37. The lowest BCUT2D eigenvalue weighted by atomic mass is 10.1. The fourth-order valence-corrected chi connectivity index (χ4v) is 2.72. The Morgan fingerprint density at radius 2 is 2.26 bits per heavy atom. The van der Waals surface area contributed by atoms with E-state index in [0.717, 1.165) is 36.2 Å². The van der Waals surface area contributed by atoms with Gasteiger partial charge in [-0.2, -0.15) is 5.10 Å². The van der Waals surface area contributed by atoms with E-state index in [1.807, 2.05) is 7.05 Å². The molecule has 0 bridgehead atoms. The second kappa shape index (κ2) is 4.22. The van der Waals surface area contributed by atoms with Crippen LogP contribution >= 0.6 is 0 Å². The van der Waals surface area contributed by atoms with Gasteiger partial charge in [-0.1, -0.05) is 6.92 Å². The molecule has 1 aliphatic rings. The van der Waals surface area contributed by atoms with Gasteiger partial charge < -0.3 is 10.0 Å². The zero-order chi connectivity index (χ0) is 13.6. The van der Waals surface area contributed by atoms with Crippen molar-refractivity contribution in [2.24, 2.45) is 13.0 Å². The number of aromatic nitrogens is 3. The average molecular weight is 260 g/mol. The van der Waals surface area contributed by atoms with Crippen molar-refractivity contribution in [2.75, 3.05) is 18.0 Å². The first-order valence-electron chi connectivity index (χ1n) is 6.37. The van der Waals surface area contributed by atoms with Crippen LogP contribution in [0.3, 0.4) is 0 Å². The minimum absolute atomic E-state index is 0.259. The molecule has 1 atom stereocenters. The highest BCUT2D eigenvalue weighted by molar-refractivity contribution is 6.03. The van der Waals surface area contributed by atoms with Gasteiger partial charge in [0.05, 0.1) is 17.3 Å². The van der Waals surface area contributed by atoms with Gasteiger partial charge in [0.15, 0.2) is 5.65 Å². The van der Waals surface area contributed by atoms with Crippen LogP contribution in [0.2, 0.25) is 0 Å². The van der Waals surface area contributed by atoms with E-state index in [9.17, 15) is 9.90 Å². The minimum atomic E-state index is -0.937. The number of rotatable bonds is 2. The van der Waals surface area contributed by atoms with E-state index in [0.29, 0.717) is 5.92 Å². The molecule has 0 radical (unpaired) electrons. The lowest BCUT2D eigenvalue weighted by Gasteiger charge is -2.21. The Morgan fingerprint density at radius 1 is 1.47 bits per heavy atom. The summed E-state index contributed by atoms with van der Waals surface area (Å²) in [7, 11) is 1.81. The lowest BCUT2D eigenvalue weighted by Crippen LogP contribution is -2.22. The molecule has 3 rings (SSSR count). The zero-order valence-corrected chi connectivity index (χ0v) is 11.0. The van der Waals surface area contributed by atoms with Gasteiger partial charge in [-0.05, 0) is 12.3 Å². The molecule has 2 aromatic heterocycles. The lowest BCUT2D eigenvalue weighted by molar-refractivity contribution is 0.0697. The van der Waals surface area contributed by atoms with Gasteiger partial charge in [0.1, 0.15) is 5.56 Å². The normalized spacial score (nSPS) is 19.3. The number of fused-ring (bicyclic) bond motifs is 1. The second-order valence-electron chi connectivity index (χ2n) is 5.17. The number of carbonyl (C=O) groups is 1. The largest absolute Gasteiger partial charge is 0.478 e. The number of hydrogen-bond acceptors (Lipinski definition) is 4. The van der Waals surface area contributed by atoms with E-state index in [1.54, 1.807) is 10.9 Å². The summed E-state index contributed by atoms with van der Waals surface area (Å²) in [5.74, 6) is -0.352. The summed E-state index contributed by atoms with van der Waals surface area (Å²) in [4.78, 5) is 17.8. The maximum absolute atomic E-state index is 11.4. The van der Waals surface area contributed by atoms with Gasteiger partial charge in [0.2, 0.25) is 0 Å². The van der Waals surface area contributed by atoms with Crippen LogP contribution in [0.4, 0.5) is 5.69 Å². The van der Waals surface area contributed by atoms with Gasteiger partial charge in [-0.3, -0.25) is 4.68 Å². The molecule has 2 aromatic rings. The van der Waals surface area contributed by atoms with Gasteiger partial charge >= 0.3 is 5.97 Å². The van der Waals surface area contributed by atoms with E-state index in [-0.39, 0.29) is 5.56 Å². The second-order valence-corrected chi connectivity index (χ2v) is 5.17. The Morgan fingerprint density at radius 3 is 2.89 bits per heavy atom. The Balaban J connectivity index is 2.23. The van der Waals surface area contributed by atoms with Crippen molar-refractivity contribution in [3.63, 3.8) is 0 Å². The Hall–Kier alpha value is -2.11. The highest BCUT2D eigenvalue weighted by Crippen LogP contribution is 2.33. The molecule has 1 unspecified atom stereocenters. The molecule has 0 aromatic carbocycles. The maximum atomic E-state index is 11.4. The molecule has 0 aliphatic carbocycles. The molecular formula is C13H16N4O2. The number of anilines is 1. The Bertz CT molecular complexity index is 649. The van der Waals surface area contributed by atoms with Crippen molar-refractivity contribution in [1.29, 1.82) is 0 Å². The summed E-state index contributed by atoms with van der Waals surface area (Å²) in [6.45, 7) is 3.95. The van der Waals surface area contributed by atoms with Gasteiger partial charge in [-0.25, -0.2) is 9.78 Å². The van der Waals surface area contributed by atoms with E-state index in [4.69, 9.17) is 0 Å². The molecule has 0 spiro atoms. The van der Waals surface area contributed by atoms with E-state index in [2.05, 4.69) is 21.9 Å². The molecule has 100 valence electrons. The molecule has 1 N–H and O–H groups in total. The number of pyridine rings is 1. The van der Waals surface area contributed by atoms with Crippen LogP contribution in [0.5, 0.6) is 0 Å². The standard InChI is InChI=1S/C13H16N4O2/c1-8-3-4-17(7-8)11-9-6-15-16(2)12(9)14-5-10(11)13(18)19/h5-6,8H,3-4,7H2,1-2H3,(H,18,19). The monoisotopic (exact) mass is 260 g/mol. The van der Waals surface area contributed by atoms with Crippen molar-refractivity contribution in [3.05, 3.63) is 18.0 Å². The fourth-order valence-electron chi connectivity index (χ4n) is 2.72. The molecule has 0 saturated carbocycles. The predicted octanol–water partition coefficient (Wildman–Crippen LogP) is 1.51. The van der Waals surface area contributed by atoms with Crippen LogP contribution < -0.4 is 4.90 Å². The van der Waals surface area contributed by atoms with E-state index < -0.39 is 5.97 Å². The molecule has 1 fully saturated rings. The van der Waals surface area contributed by atoms with Crippen molar-refractivity contribution in [2.45, 2.75) is 13.3 Å². The third-order valence-corrected chi connectivity index (χ3v) is 3.70. The highest BCUT2D eigenvalue weighted by Gasteiger charge is 2.26. The van der Waals surface area contributed by atoms with Crippen LogP contribution in [0.25, 0.3) is 11.0 Å². The van der Waals surface area contributed by atoms with Crippen LogP contribution in [-0.4, -0.2) is 38.9 Å². The molecule has 19 heavy (non-hydrogen) atoms. The number of hydrogen-bond donors (Lipinski definition) is 1. The Labute approximate surface area is 110 Å². The number of carboxylic acid groups (broad SMARTS) is 1. The maximum Gasteiger partial charge on any atom is 0.339 e. The summed E-state index contributed by atoms with van der Waals surface area (Å²) < 4.78 is 1.67. The number of aromatic carboxylic acids is 1. The molecule has 0 amide bonds.